The number of aryl methyl sites for hydroxylation is 1. The second-order valence-corrected chi connectivity index (χ2v) is 4.85. The number of carbonyl (C=O) groups is 1. The Hall–Kier alpha value is -2.16. The Bertz CT molecular complexity index is 675. The number of carboxylic acids is 1. The number of hydrogen-bond acceptors (Lipinski definition) is 5. The summed E-state index contributed by atoms with van der Waals surface area (Å²) in [6, 6.07) is 2.40. The Balaban J connectivity index is 2.45. The summed E-state index contributed by atoms with van der Waals surface area (Å²) >= 11 is 0.806. The van der Waals surface area contributed by atoms with E-state index in [-0.39, 0.29) is 27.9 Å². The molecule has 0 saturated heterocycles. The molecule has 1 aromatic carbocycles. The average molecular weight is 300 g/mol. The fourth-order valence-electron chi connectivity index (χ4n) is 1.53. The lowest BCUT2D eigenvalue weighted by atomic mass is 10.1. The number of rotatable bonds is 4. The second-order valence-electron chi connectivity index (χ2n) is 3.91. The Labute approximate surface area is 116 Å². The second kappa shape index (κ2) is 5.45. The van der Waals surface area contributed by atoms with Crippen LogP contribution in [0.4, 0.5) is 8.78 Å². The zero-order chi connectivity index (χ0) is 14.9. The molecule has 2 rings (SSSR count). The molecule has 6 nitrogen and oxygen atoms in total. The van der Waals surface area contributed by atoms with Gasteiger partial charge in [-0.15, -0.1) is 10.2 Å². The molecule has 0 unspecified atom stereocenters. The summed E-state index contributed by atoms with van der Waals surface area (Å²) in [4.78, 5) is 10.5. The van der Waals surface area contributed by atoms with Crippen LogP contribution < -0.4 is 5.84 Å². The Morgan fingerprint density at radius 3 is 2.80 bits per heavy atom. The SMILES string of the molecule is Cc1ccc(F)c(-c2nnc(SCC(=O)O)n2N)c1F. The van der Waals surface area contributed by atoms with Crippen LogP contribution in [0.25, 0.3) is 11.4 Å². The normalized spacial score (nSPS) is 10.8. The molecule has 20 heavy (non-hydrogen) atoms. The van der Waals surface area contributed by atoms with Crippen molar-refractivity contribution in [1.29, 1.82) is 0 Å². The Kier molecular flexibility index (Phi) is 3.89. The summed E-state index contributed by atoms with van der Waals surface area (Å²) in [5.74, 6) is 2.51. The minimum atomic E-state index is -1.06. The van der Waals surface area contributed by atoms with Gasteiger partial charge in [0, 0.05) is 0 Å². The first kappa shape index (κ1) is 14.3. The number of hydrogen-bond donors (Lipinski definition) is 2. The largest absolute Gasteiger partial charge is 0.481 e. The zero-order valence-corrected chi connectivity index (χ0v) is 11.1. The number of aliphatic carboxylic acids is 1. The molecule has 0 radical (unpaired) electrons. The maximum absolute atomic E-state index is 14.0. The van der Waals surface area contributed by atoms with Crippen molar-refractivity contribution in [3.05, 3.63) is 29.3 Å². The van der Waals surface area contributed by atoms with Crippen molar-refractivity contribution < 1.29 is 18.7 Å². The molecule has 2 aromatic rings. The highest BCUT2D eigenvalue weighted by molar-refractivity contribution is 7.99. The summed E-state index contributed by atoms with van der Waals surface area (Å²) in [7, 11) is 0. The molecule has 9 heteroatoms. The van der Waals surface area contributed by atoms with E-state index in [1.54, 1.807) is 0 Å². The van der Waals surface area contributed by atoms with Crippen LogP contribution in [0.2, 0.25) is 0 Å². The van der Waals surface area contributed by atoms with Gasteiger partial charge >= 0.3 is 5.97 Å². The first-order valence-electron chi connectivity index (χ1n) is 5.42. The molecule has 0 saturated carbocycles. The number of carboxylic acid groups (broad SMARTS) is 1. The maximum Gasteiger partial charge on any atom is 0.313 e. The number of aromatic nitrogens is 3. The number of halogens is 2. The standard InChI is InChI=1S/C11H10F2N4O2S/c1-5-2-3-6(12)8(9(5)13)10-15-16-11(17(10)14)20-4-7(18)19/h2-3H,4,14H2,1H3,(H,18,19). The summed E-state index contributed by atoms with van der Waals surface area (Å²) in [6.45, 7) is 1.48. The number of nitrogens with two attached hydrogens (primary N) is 1. The fraction of sp³-hybridized carbons (Fsp3) is 0.182. The third-order valence-corrected chi connectivity index (χ3v) is 3.42. The summed E-state index contributed by atoms with van der Waals surface area (Å²) in [5, 5.41) is 15.9. The van der Waals surface area contributed by atoms with Crippen molar-refractivity contribution in [1.82, 2.24) is 14.9 Å². The molecule has 0 aliphatic heterocycles. The van der Waals surface area contributed by atoms with Gasteiger partial charge in [0.2, 0.25) is 5.16 Å². The van der Waals surface area contributed by atoms with Crippen LogP contribution in [0.15, 0.2) is 17.3 Å². The van der Waals surface area contributed by atoms with E-state index in [4.69, 9.17) is 10.9 Å². The van der Waals surface area contributed by atoms with Gasteiger partial charge in [0.15, 0.2) is 5.82 Å². The minimum absolute atomic E-state index is 0.0581. The number of benzene rings is 1. The first-order valence-corrected chi connectivity index (χ1v) is 6.40. The summed E-state index contributed by atoms with van der Waals surface area (Å²) in [5.41, 5.74) is -0.147. The van der Waals surface area contributed by atoms with Crippen LogP contribution in [0.3, 0.4) is 0 Å². The van der Waals surface area contributed by atoms with Crippen LogP contribution in [0.5, 0.6) is 0 Å². The van der Waals surface area contributed by atoms with Crippen molar-refractivity contribution >= 4 is 17.7 Å². The predicted octanol–water partition coefficient (Wildman–Crippen LogP) is 1.42. The van der Waals surface area contributed by atoms with E-state index in [0.29, 0.717) is 0 Å². The molecular weight excluding hydrogens is 290 g/mol. The average Bonchev–Trinajstić information content (AvgIpc) is 2.74. The third kappa shape index (κ3) is 2.57. The van der Waals surface area contributed by atoms with E-state index in [1.807, 2.05) is 0 Å². The fourth-order valence-corrected chi connectivity index (χ4v) is 2.11. The van der Waals surface area contributed by atoms with Crippen LogP contribution >= 0.6 is 11.8 Å². The zero-order valence-electron chi connectivity index (χ0n) is 10.3. The number of nitrogens with zero attached hydrogens (tertiary/aromatic N) is 3. The molecule has 1 heterocycles. The molecule has 0 bridgehead atoms. The van der Waals surface area contributed by atoms with Gasteiger partial charge in [-0.3, -0.25) is 4.79 Å². The van der Waals surface area contributed by atoms with Gasteiger partial charge in [-0.2, -0.15) is 0 Å². The van der Waals surface area contributed by atoms with Gasteiger partial charge in [0.25, 0.3) is 0 Å². The molecule has 0 fully saturated rings. The molecule has 3 N–H and O–H groups in total. The van der Waals surface area contributed by atoms with Crippen molar-refractivity contribution in [3.8, 4) is 11.4 Å². The highest BCUT2D eigenvalue weighted by Gasteiger charge is 2.21. The molecular formula is C11H10F2N4O2S. The Morgan fingerprint density at radius 2 is 2.15 bits per heavy atom. The summed E-state index contributed by atoms with van der Waals surface area (Å²) < 4.78 is 28.6. The Morgan fingerprint density at radius 1 is 1.45 bits per heavy atom. The highest BCUT2D eigenvalue weighted by atomic mass is 32.2. The molecule has 0 aliphatic rings. The maximum atomic E-state index is 14.0. The molecule has 0 amide bonds. The highest BCUT2D eigenvalue weighted by Crippen LogP contribution is 2.27. The van der Waals surface area contributed by atoms with E-state index >= 15 is 0 Å². The van der Waals surface area contributed by atoms with Gasteiger partial charge in [-0.1, -0.05) is 17.8 Å². The van der Waals surface area contributed by atoms with E-state index in [9.17, 15) is 13.6 Å². The van der Waals surface area contributed by atoms with Crippen molar-refractivity contribution in [3.63, 3.8) is 0 Å². The third-order valence-electron chi connectivity index (χ3n) is 2.50. The minimum Gasteiger partial charge on any atom is -0.481 e. The monoisotopic (exact) mass is 300 g/mol. The number of thioether (sulfide) groups is 1. The van der Waals surface area contributed by atoms with Crippen LogP contribution in [-0.4, -0.2) is 31.7 Å². The van der Waals surface area contributed by atoms with Crippen molar-refractivity contribution in [2.75, 3.05) is 11.6 Å². The van der Waals surface area contributed by atoms with Gasteiger partial charge in [-0.05, 0) is 18.6 Å². The van der Waals surface area contributed by atoms with Crippen molar-refractivity contribution in [2.24, 2.45) is 0 Å². The first-order chi connectivity index (χ1) is 9.41. The molecule has 0 atom stereocenters. The van der Waals surface area contributed by atoms with Crippen LogP contribution in [0, 0.1) is 18.6 Å². The van der Waals surface area contributed by atoms with Crippen molar-refractivity contribution in [2.45, 2.75) is 12.1 Å². The van der Waals surface area contributed by atoms with E-state index in [0.717, 1.165) is 22.5 Å². The van der Waals surface area contributed by atoms with Crippen LogP contribution in [0.1, 0.15) is 5.56 Å². The number of nitrogen functional groups attached to an aromatic ring is 1. The molecule has 0 spiro atoms. The molecule has 1 aromatic heterocycles. The van der Waals surface area contributed by atoms with E-state index < -0.39 is 17.6 Å². The molecule has 0 aliphatic carbocycles. The van der Waals surface area contributed by atoms with Gasteiger partial charge in [-0.25, -0.2) is 13.5 Å². The van der Waals surface area contributed by atoms with E-state index in [1.165, 1.54) is 13.0 Å². The van der Waals surface area contributed by atoms with E-state index in [2.05, 4.69) is 10.2 Å². The summed E-state index contributed by atoms with van der Waals surface area (Å²) in [6.07, 6.45) is 0. The van der Waals surface area contributed by atoms with Gasteiger partial charge < -0.3 is 10.9 Å². The smallest absolute Gasteiger partial charge is 0.313 e. The lowest BCUT2D eigenvalue weighted by Gasteiger charge is -2.07. The van der Waals surface area contributed by atoms with Gasteiger partial charge in [0.1, 0.15) is 11.6 Å². The lowest BCUT2D eigenvalue weighted by molar-refractivity contribution is -0.133. The quantitative estimate of drug-likeness (QED) is 0.655. The lowest BCUT2D eigenvalue weighted by Crippen LogP contribution is -2.14. The predicted molar refractivity (Wildman–Crippen MR) is 68.6 cm³/mol. The molecule has 106 valence electrons. The van der Waals surface area contributed by atoms with Crippen LogP contribution in [-0.2, 0) is 4.79 Å². The topological polar surface area (TPSA) is 94.0 Å². The van der Waals surface area contributed by atoms with Gasteiger partial charge in [0.05, 0.1) is 11.3 Å².